The van der Waals surface area contributed by atoms with E-state index in [-0.39, 0.29) is 17.5 Å². The van der Waals surface area contributed by atoms with Gasteiger partial charge in [-0.05, 0) is 51.8 Å². The highest BCUT2D eigenvalue weighted by atomic mass is 16.6. The summed E-state index contributed by atoms with van der Waals surface area (Å²) in [6, 6.07) is 9.94. The number of ether oxygens (including phenoxy) is 1. The Morgan fingerprint density at radius 3 is 2.48 bits per heavy atom. The number of hydrogen-bond donors (Lipinski definition) is 1. The molecule has 3 heteroatoms. The zero-order chi connectivity index (χ0) is 15.3. The van der Waals surface area contributed by atoms with E-state index < -0.39 is 0 Å². The van der Waals surface area contributed by atoms with Crippen molar-refractivity contribution in [2.75, 3.05) is 13.1 Å². The smallest absolute Gasteiger partial charge is 0.313 e. The lowest BCUT2D eigenvalue weighted by atomic mass is 9.83. The van der Waals surface area contributed by atoms with E-state index in [2.05, 4.69) is 19.2 Å². The first-order chi connectivity index (χ1) is 10.0. The van der Waals surface area contributed by atoms with Crippen molar-refractivity contribution in [1.82, 2.24) is 5.32 Å². The molecule has 1 N–H and O–H groups in total. The third-order valence-corrected chi connectivity index (χ3v) is 4.58. The summed E-state index contributed by atoms with van der Waals surface area (Å²) >= 11 is 0. The van der Waals surface area contributed by atoms with Crippen LogP contribution in [0.3, 0.4) is 0 Å². The molecule has 0 saturated carbocycles. The molecule has 1 aliphatic rings. The number of rotatable bonds is 5. The van der Waals surface area contributed by atoms with Crippen molar-refractivity contribution < 1.29 is 9.53 Å². The molecule has 0 radical (unpaired) electrons. The van der Waals surface area contributed by atoms with E-state index in [1.807, 2.05) is 37.3 Å². The van der Waals surface area contributed by atoms with Crippen LogP contribution in [-0.4, -0.2) is 24.7 Å². The molecule has 1 saturated heterocycles. The van der Waals surface area contributed by atoms with Gasteiger partial charge in [0.05, 0.1) is 5.92 Å². The van der Waals surface area contributed by atoms with Gasteiger partial charge in [-0.25, -0.2) is 0 Å². The number of benzene rings is 1. The van der Waals surface area contributed by atoms with Crippen LogP contribution in [0.25, 0.3) is 0 Å². The van der Waals surface area contributed by atoms with Gasteiger partial charge in [-0.1, -0.05) is 37.3 Å². The standard InChI is InChI=1S/C18H27NO2/c1-4-16(14-8-6-5-7-9-14)17(20)21-18(2,3)15-10-12-19-13-11-15/h5-9,15-16,19H,4,10-13H2,1-3H3. The number of esters is 1. The largest absolute Gasteiger partial charge is 0.459 e. The molecule has 3 nitrogen and oxygen atoms in total. The quantitative estimate of drug-likeness (QED) is 0.843. The summed E-state index contributed by atoms with van der Waals surface area (Å²) in [4.78, 5) is 12.6. The second-order valence-corrected chi connectivity index (χ2v) is 6.42. The Labute approximate surface area is 128 Å². The van der Waals surface area contributed by atoms with Gasteiger partial charge >= 0.3 is 5.97 Å². The lowest BCUT2D eigenvalue weighted by molar-refractivity contribution is -0.164. The molecule has 1 atom stereocenters. The van der Waals surface area contributed by atoms with Gasteiger partial charge in [-0.2, -0.15) is 0 Å². The number of nitrogens with one attached hydrogen (secondary N) is 1. The van der Waals surface area contributed by atoms with Crippen LogP contribution in [0.1, 0.15) is 51.5 Å². The fourth-order valence-electron chi connectivity index (χ4n) is 3.15. The number of carbonyl (C=O) groups excluding carboxylic acids is 1. The summed E-state index contributed by atoms with van der Waals surface area (Å²) in [6.45, 7) is 8.18. The predicted molar refractivity (Wildman–Crippen MR) is 85.2 cm³/mol. The maximum Gasteiger partial charge on any atom is 0.313 e. The molecule has 1 aliphatic heterocycles. The highest BCUT2D eigenvalue weighted by Crippen LogP contribution is 2.31. The van der Waals surface area contributed by atoms with Gasteiger partial charge in [0.15, 0.2) is 0 Å². The van der Waals surface area contributed by atoms with Gasteiger partial charge in [0.2, 0.25) is 0 Å². The topological polar surface area (TPSA) is 38.3 Å². The fourth-order valence-corrected chi connectivity index (χ4v) is 3.15. The third-order valence-electron chi connectivity index (χ3n) is 4.58. The Bertz CT molecular complexity index is 450. The molecule has 0 bridgehead atoms. The van der Waals surface area contributed by atoms with E-state index in [0.717, 1.165) is 37.9 Å². The minimum absolute atomic E-state index is 0.0905. The summed E-state index contributed by atoms with van der Waals surface area (Å²) in [7, 11) is 0. The maximum absolute atomic E-state index is 12.6. The molecule has 21 heavy (non-hydrogen) atoms. The normalized spacial score (nSPS) is 18.2. The predicted octanol–water partition coefficient (Wildman–Crippen LogP) is 3.50. The Kier molecular flexibility index (Phi) is 5.40. The summed E-state index contributed by atoms with van der Waals surface area (Å²) < 4.78 is 5.92. The van der Waals surface area contributed by atoms with Crippen LogP contribution in [0.5, 0.6) is 0 Å². The van der Waals surface area contributed by atoms with Crippen molar-refractivity contribution in [2.45, 2.75) is 51.6 Å². The van der Waals surface area contributed by atoms with Gasteiger partial charge in [-0.3, -0.25) is 4.79 Å². The van der Waals surface area contributed by atoms with Crippen molar-refractivity contribution >= 4 is 5.97 Å². The minimum Gasteiger partial charge on any atom is -0.459 e. The third kappa shape index (κ3) is 4.07. The molecule has 1 unspecified atom stereocenters. The molecule has 1 fully saturated rings. The Morgan fingerprint density at radius 1 is 1.29 bits per heavy atom. The van der Waals surface area contributed by atoms with Crippen molar-refractivity contribution in [3.63, 3.8) is 0 Å². The Morgan fingerprint density at radius 2 is 1.90 bits per heavy atom. The molecular weight excluding hydrogens is 262 g/mol. The molecule has 1 aromatic rings. The lowest BCUT2D eigenvalue weighted by Gasteiger charge is -2.37. The second-order valence-electron chi connectivity index (χ2n) is 6.42. The van der Waals surface area contributed by atoms with E-state index in [9.17, 15) is 4.79 Å². The minimum atomic E-state index is -0.388. The SMILES string of the molecule is CCC(C(=O)OC(C)(C)C1CCNCC1)c1ccccc1. The van der Waals surface area contributed by atoms with E-state index in [1.165, 1.54) is 0 Å². The average molecular weight is 289 g/mol. The summed E-state index contributed by atoms with van der Waals surface area (Å²) in [5.74, 6) is 0.190. The number of carbonyl (C=O) groups is 1. The average Bonchev–Trinajstić information content (AvgIpc) is 2.49. The van der Waals surface area contributed by atoms with Crippen molar-refractivity contribution in [3.8, 4) is 0 Å². The van der Waals surface area contributed by atoms with Crippen LogP contribution in [0.2, 0.25) is 0 Å². The van der Waals surface area contributed by atoms with Crippen LogP contribution in [0.4, 0.5) is 0 Å². The molecule has 0 aliphatic carbocycles. The molecule has 0 amide bonds. The van der Waals surface area contributed by atoms with Crippen molar-refractivity contribution in [2.24, 2.45) is 5.92 Å². The van der Waals surface area contributed by atoms with Crippen molar-refractivity contribution in [3.05, 3.63) is 35.9 Å². The first kappa shape index (κ1) is 16.0. The number of hydrogen-bond acceptors (Lipinski definition) is 3. The molecular formula is C18H27NO2. The maximum atomic E-state index is 12.6. The zero-order valence-electron chi connectivity index (χ0n) is 13.4. The fraction of sp³-hybridized carbons (Fsp3) is 0.611. The van der Waals surface area contributed by atoms with E-state index >= 15 is 0 Å². The van der Waals surface area contributed by atoms with Gasteiger partial charge in [0, 0.05) is 5.92 Å². The van der Waals surface area contributed by atoms with E-state index in [1.54, 1.807) is 0 Å². The molecule has 1 aromatic carbocycles. The highest BCUT2D eigenvalue weighted by molar-refractivity contribution is 5.78. The molecule has 0 aromatic heterocycles. The molecule has 2 rings (SSSR count). The number of piperidine rings is 1. The van der Waals surface area contributed by atoms with Gasteiger partial charge in [0.25, 0.3) is 0 Å². The van der Waals surface area contributed by atoms with Crippen LogP contribution >= 0.6 is 0 Å². The van der Waals surface area contributed by atoms with Crippen molar-refractivity contribution in [1.29, 1.82) is 0 Å². The molecule has 116 valence electrons. The summed E-state index contributed by atoms with van der Waals surface area (Å²) in [5.41, 5.74) is 0.660. The van der Waals surface area contributed by atoms with E-state index in [0.29, 0.717) is 5.92 Å². The van der Waals surface area contributed by atoms with Gasteiger partial charge in [-0.15, -0.1) is 0 Å². The monoisotopic (exact) mass is 289 g/mol. The summed E-state index contributed by atoms with van der Waals surface area (Å²) in [6.07, 6.45) is 2.91. The highest BCUT2D eigenvalue weighted by Gasteiger charge is 2.35. The summed E-state index contributed by atoms with van der Waals surface area (Å²) in [5, 5.41) is 3.36. The molecule has 0 spiro atoms. The zero-order valence-corrected chi connectivity index (χ0v) is 13.4. The lowest BCUT2D eigenvalue weighted by Crippen LogP contribution is -2.43. The Balaban J connectivity index is 2.04. The van der Waals surface area contributed by atoms with Gasteiger partial charge in [0.1, 0.15) is 5.60 Å². The van der Waals surface area contributed by atoms with Gasteiger partial charge < -0.3 is 10.1 Å². The Hall–Kier alpha value is -1.35. The first-order valence-corrected chi connectivity index (χ1v) is 8.03. The van der Waals surface area contributed by atoms with E-state index in [4.69, 9.17) is 4.74 Å². The molecule has 1 heterocycles. The second kappa shape index (κ2) is 7.08. The van der Waals surface area contributed by atoms with Crippen LogP contribution in [0, 0.1) is 5.92 Å². The first-order valence-electron chi connectivity index (χ1n) is 8.03. The van der Waals surface area contributed by atoms with Crippen LogP contribution < -0.4 is 5.32 Å². The van der Waals surface area contributed by atoms with Crippen LogP contribution in [-0.2, 0) is 9.53 Å². The van der Waals surface area contributed by atoms with Crippen LogP contribution in [0.15, 0.2) is 30.3 Å².